The molecule has 1 aromatic carbocycles. The quantitative estimate of drug-likeness (QED) is 0.711. The molecule has 0 amide bonds. The van der Waals surface area contributed by atoms with Crippen LogP contribution in [0.5, 0.6) is 5.75 Å². The van der Waals surface area contributed by atoms with Crippen molar-refractivity contribution < 1.29 is 21.6 Å². The lowest BCUT2D eigenvalue weighted by Crippen LogP contribution is -2.38. The molecule has 0 bridgehead atoms. The fourth-order valence-electron chi connectivity index (χ4n) is 1.77. The summed E-state index contributed by atoms with van der Waals surface area (Å²) in [4.78, 5) is 0. The fourth-order valence-corrected chi connectivity index (χ4v) is 3.30. The van der Waals surface area contributed by atoms with E-state index in [1.54, 1.807) is 24.3 Å². The number of sulfonamides is 2. The van der Waals surface area contributed by atoms with E-state index in [0.29, 0.717) is 18.0 Å². The number of ether oxygens (including phenoxy) is 1. The zero-order valence-corrected chi connectivity index (χ0v) is 14.6. The molecule has 9 heteroatoms. The molecule has 1 N–H and O–H groups in total. The van der Waals surface area contributed by atoms with Gasteiger partial charge in [0.05, 0.1) is 24.3 Å². The zero-order chi connectivity index (χ0) is 16.8. The molecule has 0 heterocycles. The number of rotatable bonds is 9. The number of hydrogen-bond donors (Lipinski definition) is 1. The molecule has 0 aromatic heterocycles. The van der Waals surface area contributed by atoms with Crippen molar-refractivity contribution in [3.05, 3.63) is 24.3 Å². The van der Waals surface area contributed by atoms with Crippen LogP contribution < -0.4 is 13.8 Å². The summed E-state index contributed by atoms with van der Waals surface area (Å²) in [7, 11) is -6.86. The molecule has 0 saturated heterocycles. The van der Waals surface area contributed by atoms with Crippen molar-refractivity contribution in [2.24, 2.45) is 0 Å². The summed E-state index contributed by atoms with van der Waals surface area (Å²) < 4.78 is 55.4. The first kappa shape index (κ1) is 18.7. The molecule has 1 rings (SSSR count). The second kappa shape index (κ2) is 7.80. The van der Waals surface area contributed by atoms with Crippen LogP contribution in [0.2, 0.25) is 0 Å². The molecule has 22 heavy (non-hydrogen) atoms. The Morgan fingerprint density at radius 1 is 1.09 bits per heavy atom. The molecule has 0 radical (unpaired) electrons. The van der Waals surface area contributed by atoms with E-state index in [4.69, 9.17) is 4.74 Å². The van der Waals surface area contributed by atoms with Crippen LogP contribution in [-0.4, -0.2) is 48.5 Å². The Hall–Kier alpha value is -1.32. The van der Waals surface area contributed by atoms with Crippen LogP contribution in [0.3, 0.4) is 0 Å². The molecule has 0 spiro atoms. The maximum absolute atomic E-state index is 11.9. The third-order valence-electron chi connectivity index (χ3n) is 2.85. The van der Waals surface area contributed by atoms with Crippen molar-refractivity contribution in [1.82, 2.24) is 4.72 Å². The topological polar surface area (TPSA) is 92.8 Å². The number of nitrogens with zero attached hydrogens (tertiary/aromatic N) is 1. The van der Waals surface area contributed by atoms with Gasteiger partial charge >= 0.3 is 0 Å². The van der Waals surface area contributed by atoms with Gasteiger partial charge in [0.25, 0.3) is 0 Å². The normalized spacial score (nSPS) is 12.1. The monoisotopic (exact) mass is 350 g/mol. The smallest absolute Gasteiger partial charge is 0.232 e. The Bertz CT molecular complexity index is 669. The van der Waals surface area contributed by atoms with E-state index in [-0.39, 0.29) is 18.8 Å². The molecule has 0 aliphatic heterocycles. The highest BCUT2D eigenvalue weighted by Gasteiger charge is 2.18. The van der Waals surface area contributed by atoms with Gasteiger partial charge in [-0.15, -0.1) is 0 Å². The minimum absolute atomic E-state index is 0.0104. The number of nitrogens with one attached hydrogen (secondary N) is 1. The largest absolute Gasteiger partial charge is 0.494 e. The summed E-state index contributed by atoms with van der Waals surface area (Å²) in [6.45, 7) is 3.93. The van der Waals surface area contributed by atoms with Gasteiger partial charge in [0, 0.05) is 13.1 Å². The molecule has 0 aliphatic rings. The van der Waals surface area contributed by atoms with E-state index in [1.165, 1.54) is 6.92 Å². The zero-order valence-electron chi connectivity index (χ0n) is 12.9. The molecule has 0 unspecified atom stereocenters. The Kier molecular flexibility index (Phi) is 6.64. The molecule has 0 saturated carbocycles. The standard InChI is InChI=1S/C13H22N2O5S2/c1-4-20-13-8-6-12(7-9-13)15(21(3,16)17)11-10-14-22(18,19)5-2/h6-9,14H,4-5,10-11H2,1-3H3. The third-order valence-corrected chi connectivity index (χ3v) is 5.45. The Labute approximate surface area is 132 Å². The highest BCUT2D eigenvalue weighted by molar-refractivity contribution is 7.92. The fraction of sp³-hybridized carbons (Fsp3) is 0.538. The average Bonchev–Trinajstić information content (AvgIpc) is 2.44. The van der Waals surface area contributed by atoms with Crippen LogP contribution in [0.1, 0.15) is 13.8 Å². The predicted molar refractivity (Wildman–Crippen MR) is 87.3 cm³/mol. The minimum Gasteiger partial charge on any atom is -0.494 e. The summed E-state index contributed by atoms with van der Waals surface area (Å²) in [5.74, 6) is 0.598. The van der Waals surface area contributed by atoms with Gasteiger partial charge in [0.2, 0.25) is 20.0 Å². The Balaban J connectivity index is 2.86. The first-order valence-corrected chi connectivity index (χ1v) is 10.4. The lowest BCUT2D eigenvalue weighted by atomic mass is 10.3. The van der Waals surface area contributed by atoms with E-state index in [9.17, 15) is 16.8 Å². The van der Waals surface area contributed by atoms with E-state index < -0.39 is 20.0 Å². The molecule has 126 valence electrons. The second-order valence-electron chi connectivity index (χ2n) is 4.56. The van der Waals surface area contributed by atoms with Gasteiger partial charge in [0.15, 0.2) is 0 Å². The first-order valence-electron chi connectivity index (χ1n) is 6.87. The van der Waals surface area contributed by atoms with Crippen LogP contribution in [-0.2, 0) is 20.0 Å². The lowest BCUT2D eigenvalue weighted by Gasteiger charge is -2.22. The first-order chi connectivity index (χ1) is 10.2. The number of hydrogen-bond acceptors (Lipinski definition) is 5. The predicted octanol–water partition coefficient (Wildman–Crippen LogP) is 0.791. The van der Waals surface area contributed by atoms with Crippen molar-refractivity contribution >= 4 is 25.7 Å². The van der Waals surface area contributed by atoms with Crippen molar-refractivity contribution in [1.29, 1.82) is 0 Å². The van der Waals surface area contributed by atoms with Gasteiger partial charge in [-0.3, -0.25) is 4.31 Å². The molecule has 0 atom stereocenters. The Morgan fingerprint density at radius 3 is 2.14 bits per heavy atom. The van der Waals surface area contributed by atoms with Gasteiger partial charge in [-0.05, 0) is 38.1 Å². The molecule has 0 aliphatic carbocycles. The maximum Gasteiger partial charge on any atom is 0.232 e. The lowest BCUT2D eigenvalue weighted by molar-refractivity contribution is 0.340. The summed E-state index contributed by atoms with van der Waals surface area (Å²) in [6, 6.07) is 6.60. The summed E-state index contributed by atoms with van der Waals surface area (Å²) in [6.07, 6.45) is 1.08. The second-order valence-corrected chi connectivity index (χ2v) is 8.56. The van der Waals surface area contributed by atoms with Crippen LogP contribution in [0, 0.1) is 0 Å². The van der Waals surface area contributed by atoms with Gasteiger partial charge in [-0.25, -0.2) is 21.6 Å². The van der Waals surface area contributed by atoms with Gasteiger partial charge in [-0.1, -0.05) is 0 Å². The van der Waals surface area contributed by atoms with Crippen LogP contribution in [0.25, 0.3) is 0 Å². The van der Waals surface area contributed by atoms with Crippen molar-refractivity contribution in [3.63, 3.8) is 0 Å². The Morgan fingerprint density at radius 2 is 1.68 bits per heavy atom. The summed E-state index contributed by atoms with van der Waals surface area (Å²) in [5.41, 5.74) is 0.460. The highest BCUT2D eigenvalue weighted by Crippen LogP contribution is 2.21. The van der Waals surface area contributed by atoms with Crippen LogP contribution in [0.4, 0.5) is 5.69 Å². The molecule has 1 aromatic rings. The third kappa shape index (κ3) is 5.82. The van der Waals surface area contributed by atoms with Crippen molar-refractivity contribution in [2.75, 3.05) is 36.0 Å². The molecular weight excluding hydrogens is 328 g/mol. The van der Waals surface area contributed by atoms with Crippen molar-refractivity contribution in [2.45, 2.75) is 13.8 Å². The summed E-state index contributed by atoms with van der Waals surface area (Å²) >= 11 is 0. The van der Waals surface area contributed by atoms with E-state index in [2.05, 4.69) is 4.72 Å². The molecule has 0 fully saturated rings. The van der Waals surface area contributed by atoms with Gasteiger partial charge < -0.3 is 4.74 Å². The van der Waals surface area contributed by atoms with Crippen LogP contribution in [0.15, 0.2) is 24.3 Å². The SMILES string of the molecule is CCOc1ccc(N(CCNS(=O)(=O)CC)S(C)(=O)=O)cc1. The van der Waals surface area contributed by atoms with Crippen molar-refractivity contribution in [3.8, 4) is 5.75 Å². The van der Waals surface area contributed by atoms with E-state index >= 15 is 0 Å². The highest BCUT2D eigenvalue weighted by atomic mass is 32.2. The van der Waals surface area contributed by atoms with Gasteiger partial charge in [-0.2, -0.15) is 0 Å². The number of anilines is 1. The maximum atomic E-state index is 11.9. The van der Waals surface area contributed by atoms with Crippen LogP contribution >= 0.6 is 0 Å². The average molecular weight is 350 g/mol. The minimum atomic E-state index is -3.51. The van der Waals surface area contributed by atoms with E-state index in [0.717, 1.165) is 10.6 Å². The van der Waals surface area contributed by atoms with Gasteiger partial charge in [0.1, 0.15) is 5.75 Å². The number of benzene rings is 1. The summed E-state index contributed by atoms with van der Waals surface area (Å²) in [5, 5.41) is 0. The molecular formula is C13H22N2O5S2. The van der Waals surface area contributed by atoms with E-state index in [1.807, 2.05) is 6.92 Å². The molecule has 7 nitrogen and oxygen atoms in total.